The van der Waals surface area contributed by atoms with E-state index < -0.39 is 0 Å². The van der Waals surface area contributed by atoms with Crippen molar-refractivity contribution in [1.29, 1.82) is 0 Å². The molecular formula is C22H30N2O2. The standard InChI is InChI=1S/C22H30N2O2/c1-15(24-10-4-3-5-11-24)12-20-21-16(8-9-23-22(20)25)13-17-14-18(26-2)6-7-19(17)21/h6-7,14-16H,3-5,8-13H2,1-2H3,(H,23,25). The maximum absolute atomic E-state index is 12.9. The van der Waals surface area contributed by atoms with Crippen LogP contribution in [0.25, 0.3) is 5.57 Å². The van der Waals surface area contributed by atoms with Gasteiger partial charge in [-0.2, -0.15) is 0 Å². The lowest BCUT2D eigenvalue weighted by Gasteiger charge is -2.33. The molecule has 0 radical (unpaired) electrons. The summed E-state index contributed by atoms with van der Waals surface area (Å²) >= 11 is 0. The molecule has 1 saturated heterocycles. The molecule has 1 aliphatic carbocycles. The van der Waals surface area contributed by atoms with Crippen LogP contribution in [-0.4, -0.2) is 43.6 Å². The molecule has 2 aliphatic heterocycles. The van der Waals surface area contributed by atoms with E-state index in [1.807, 2.05) is 6.07 Å². The minimum Gasteiger partial charge on any atom is -0.497 e. The predicted molar refractivity (Wildman–Crippen MR) is 104 cm³/mol. The molecule has 1 aromatic rings. The zero-order chi connectivity index (χ0) is 18.1. The summed E-state index contributed by atoms with van der Waals surface area (Å²) in [6, 6.07) is 6.77. The van der Waals surface area contributed by atoms with Crippen LogP contribution < -0.4 is 10.1 Å². The van der Waals surface area contributed by atoms with Crippen molar-refractivity contribution in [3.05, 3.63) is 34.9 Å². The van der Waals surface area contributed by atoms with Gasteiger partial charge >= 0.3 is 0 Å². The van der Waals surface area contributed by atoms with E-state index in [2.05, 4.69) is 29.3 Å². The highest BCUT2D eigenvalue weighted by molar-refractivity contribution is 6.03. The van der Waals surface area contributed by atoms with E-state index in [1.54, 1.807) is 7.11 Å². The van der Waals surface area contributed by atoms with Crippen molar-refractivity contribution >= 4 is 11.5 Å². The smallest absolute Gasteiger partial charge is 0.247 e. The van der Waals surface area contributed by atoms with Crippen molar-refractivity contribution in [3.63, 3.8) is 0 Å². The number of allylic oxidation sites excluding steroid dienone is 1. The van der Waals surface area contributed by atoms with Crippen LogP contribution >= 0.6 is 0 Å². The normalized spacial score (nSPS) is 24.5. The van der Waals surface area contributed by atoms with Gasteiger partial charge in [-0.05, 0) is 86.9 Å². The van der Waals surface area contributed by atoms with E-state index in [9.17, 15) is 4.79 Å². The van der Waals surface area contributed by atoms with Crippen molar-refractivity contribution in [3.8, 4) is 5.75 Å². The van der Waals surface area contributed by atoms with E-state index in [1.165, 1.54) is 49.1 Å². The first-order valence-corrected chi connectivity index (χ1v) is 10.1. The number of nitrogens with zero attached hydrogens (tertiary/aromatic N) is 1. The summed E-state index contributed by atoms with van der Waals surface area (Å²) in [4.78, 5) is 15.5. The van der Waals surface area contributed by atoms with Gasteiger partial charge in [-0.25, -0.2) is 0 Å². The topological polar surface area (TPSA) is 41.6 Å². The molecule has 0 saturated carbocycles. The summed E-state index contributed by atoms with van der Waals surface area (Å²) in [5.74, 6) is 1.52. The second kappa shape index (κ2) is 7.43. The van der Waals surface area contributed by atoms with Gasteiger partial charge in [0, 0.05) is 18.2 Å². The Bertz CT molecular complexity index is 719. The number of fused-ring (bicyclic) bond motifs is 3. The number of ether oxygens (including phenoxy) is 1. The monoisotopic (exact) mass is 354 g/mol. The highest BCUT2D eigenvalue weighted by Crippen LogP contribution is 2.44. The second-order valence-electron chi connectivity index (χ2n) is 8.01. The van der Waals surface area contributed by atoms with Gasteiger partial charge in [0.1, 0.15) is 5.75 Å². The number of hydrogen-bond acceptors (Lipinski definition) is 3. The summed E-state index contributed by atoms with van der Waals surface area (Å²) in [6.07, 6.45) is 6.82. The van der Waals surface area contributed by atoms with Crippen molar-refractivity contribution in [1.82, 2.24) is 10.2 Å². The molecule has 4 rings (SSSR count). The van der Waals surface area contributed by atoms with Crippen LogP contribution in [0.15, 0.2) is 23.8 Å². The predicted octanol–water partition coefficient (Wildman–Crippen LogP) is 3.41. The van der Waals surface area contributed by atoms with Crippen molar-refractivity contribution in [2.75, 3.05) is 26.7 Å². The maximum Gasteiger partial charge on any atom is 0.247 e. The summed E-state index contributed by atoms with van der Waals surface area (Å²) in [5, 5.41) is 3.14. The van der Waals surface area contributed by atoms with Gasteiger partial charge in [0.05, 0.1) is 7.11 Å². The third-order valence-electron chi connectivity index (χ3n) is 6.37. The van der Waals surface area contributed by atoms with Crippen LogP contribution in [0.3, 0.4) is 0 Å². The second-order valence-corrected chi connectivity index (χ2v) is 8.01. The molecule has 0 bridgehead atoms. The largest absolute Gasteiger partial charge is 0.497 e. The molecule has 26 heavy (non-hydrogen) atoms. The molecule has 2 heterocycles. The number of rotatable bonds is 4. The first-order chi connectivity index (χ1) is 12.7. The number of benzene rings is 1. The lowest BCUT2D eigenvalue weighted by atomic mass is 9.89. The van der Waals surface area contributed by atoms with Crippen LogP contribution in [0.4, 0.5) is 0 Å². The Labute approximate surface area is 156 Å². The molecule has 1 aromatic carbocycles. The number of carbonyl (C=O) groups is 1. The Morgan fingerprint density at radius 3 is 2.85 bits per heavy atom. The fraction of sp³-hybridized carbons (Fsp3) is 0.591. The minimum absolute atomic E-state index is 0.148. The highest BCUT2D eigenvalue weighted by Gasteiger charge is 2.34. The third kappa shape index (κ3) is 3.27. The van der Waals surface area contributed by atoms with E-state index in [0.29, 0.717) is 12.0 Å². The fourth-order valence-corrected chi connectivity index (χ4v) is 4.95. The molecule has 1 amide bonds. The quantitative estimate of drug-likeness (QED) is 0.901. The molecule has 4 nitrogen and oxygen atoms in total. The number of methoxy groups -OCH3 is 1. The third-order valence-corrected chi connectivity index (χ3v) is 6.37. The maximum atomic E-state index is 12.9. The Hall–Kier alpha value is -1.81. The van der Waals surface area contributed by atoms with Crippen LogP contribution in [0, 0.1) is 5.92 Å². The van der Waals surface area contributed by atoms with Crippen molar-refractivity contribution in [2.45, 2.75) is 51.5 Å². The summed E-state index contributed by atoms with van der Waals surface area (Å²) in [7, 11) is 1.72. The van der Waals surface area contributed by atoms with E-state index >= 15 is 0 Å². The van der Waals surface area contributed by atoms with E-state index in [0.717, 1.165) is 37.1 Å². The fourth-order valence-electron chi connectivity index (χ4n) is 4.95. The van der Waals surface area contributed by atoms with Crippen molar-refractivity contribution < 1.29 is 9.53 Å². The molecule has 1 N–H and O–H groups in total. The van der Waals surface area contributed by atoms with Gasteiger partial charge in [-0.1, -0.05) is 12.5 Å². The molecule has 1 fully saturated rings. The van der Waals surface area contributed by atoms with Gasteiger partial charge in [0.15, 0.2) is 0 Å². The van der Waals surface area contributed by atoms with E-state index in [4.69, 9.17) is 4.74 Å². The number of nitrogens with one attached hydrogen (secondary N) is 1. The Morgan fingerprint density at radius 1 is 1.27 bits per heavy atom. The van der Waals surface area contributed by atoms with Crippen LogP contribution in [0.2, 0.25) is 0 Å². The number of hydrogen-bond donors (Lipinski definition) is 1. The Balaban J connectivity index is 1.68. The molecule has 0 spiro atoms. The number of carbonyl (C=O) groups excluding carboxylic acids is 1. The van der Waals surface area contributed by atoms with E-state index in [-0.39, 0.29) is 5.91 Å². The van der Waals surface area contributed by atoms with Gasteiger partial charge in [-0.15, -0.1) is 0 Å². The van der Waals surface area contributed by atoms with Crippen LogP contribution in [-0.2, 0) is 11.2 Å². The number of amides is 1. The highest BCUT2D eigenvalue weighted by atomic mass is 16.5. The zero-order valence-electron chi connectivity index (χ0n) is 16.0. The molecule has 140 valence electrons. The van der Waals surface area contributed by atoms with Crippen LogP contribution in [0.1, 0.15) is 50.2 Å². The Kier molecular flexibility index (Phi) is 5.03. The zero-order valence-corrected chi connectivity index (χ0v) is 16.0. The average molecular weight is 354 g/mol. The van der Waals surface area contributed by atoms with Crippen molar-refractivity contribution in [2.24, 2.45) is 5.92 Å². The van der Waals surface area contributed by atoms with Gasteiger partial charge in [-0.3, -0.25) is 4.79 Å². The molecule has 0 aromatic heterocycles. The summed E-state index contributed by atoms with van der Waals surface area (Å²) < 4.78 is 5.41. The molecule has 3 aliphatic rings. The van der Waals surface area contributed by atoms with Gasteiger partial charge < -0.3 is 15.0 Å². The first-order valence-electron chi connectivity index (χ1n) is 10.1. The van der Waals surface area contributed by atoms with Gasteiger partial charge in [0.2, 0.25) is 5.91 Å². The molecule has 2 atom stereocenters. The molecule has 2 unspecified atom stereocenters. The van der Waals surface area contributed by atoms with Gasteiger partial charge in [0.25, 0.3) is 0 Å². The molecular weight excluding hydrogens is 324 g/mol. The number of likely N-dealkylation sites (tertiary alicyclic amines) is 1. The average Bonchev–Trinajstić information content (AvgIpc) is 2.95. The lowest BCUT2D eigenvalue weighted by Crippen LogP contribution is -2.38. The summed E-state index contributed by atoms with van der Waals surface area (Å²) in [6.45, 7) is 5.40. The summed E-state index contributed by atoms with van der Waals surface area (Å²) in [5.41, 5.74) is 4.94. The van der Waals surface area contributed by atoms with Crippen LogP contribution in [0.5, 0.6) is 5.75 Å². The number of piperidine rings is 1. The first kappa shape index (κ1) is 17.6. The molecule has 4 heteroatoms. The lowest BCUT2D eigenvalue weighted by molar-refractivity contribution is -0.117. The Morgan fingerprint density at radius 2 is 2.08 bits per heavy atom. The SMILES string of the molecule is COc1ccc2c(c1)CC1CCNC(=O)C(CC(C)N3CCCCC3)=C21. The minimum atomic E-state index is 0.148.